The third-order valence-electron chi connectivity index (χ3n) is 3.35. The Bertz CT molecular complexity index is 489. The van der Waals surface area contributed by atoms with Crippen molar-refractivity contribution in [3.63, 3.8) is 0 Å². The zero-order chi connectivity index (χ0) is 10.8. The topological polar surface area (TPSA) is 24.9 Å². The number of aromatic nitrogens is 1. The fraction of sp³-hybridized carbons (Fsp3) is 0.357. The Kier molecular flexibility index (Phi) is 2.58. The molecule has 2 nitrogen and oxygen atoms in total. The van der Waals surface area contributed by atoms with E-state index in [-0.39, 0.29) is 0 Å². The summed E-state index contributed by atoms with van der Waals surface area (Å²) in [5.41, 5.74) is 2.36. The summed E-state index contributed by atoms with van der Waals surface area (Å²) < 4.78 is 0. The van der Waals surface area contributed by atoms with Crippen LogP contribution in [0.1, 0.15) is 24.8 Å². The zero-order valence-corrected chi connectivity index (χ0v) is 9.32. The molecule has 0 amide bonds. The molecule has 16 heavy (non-hydrogen) atoms. The van der Waals surface area contributed by atoms with E-state index in [1.165, 1.54) is 30.2 Å². The van der Waals surface area contributed by atoms with Crippen LogP contribution in [-0.2, 0) is 6.54 Å². The minimum Gasteiger partial charge on any atom is -0.310 e. The predicted molar refractivity (Wildman–Crippen MR) is 66.2 cm³/mol. The molecule has 0 radical (unpaired) electrons. The molecular weight excluding hydrogens is 196 g/mol. The first-order valence-electron chi connectivity index (χ1n) is 5.99. The van der Waals surface area contributed by atoms with Crippen LogP contribution in [0.3, 0.4) is 0 Å². The molecule has 1 aromatic carbocycles. The van der Waals surface area contributed by atoms with Gasteiger partial charge in [0.15, 0.2) is 0 Å². The average Bonchev–Trinajstić information content (AvgIpc) is 2.27. The van der Waals surface area contributed by atoms with E-state index in [0.29, 0.717) is 0 Å². The van der Waals surface area contributed by atoms with Crippen molar-refractivity contribution in [2.75, 3.05) is 0 Å². The van der Waals surface area contributed by atoms with Gasteiger partial charge >= 0.3 is 0 Å². The second-order valence-corrected chi connectivity index (χ2v) is 4.54. The van der Waals surface area contributed by atoms with Crippen molar-refractivity contribution >= 4 is 10.9 Å². The van der Waals surface area contributed by atoms with Crippen molar-refractivity contribution in [3.05, 3.63) is 42.1 Å². The summed E-state index contributed by atoms with van der Waals surface area (Å²) in [6.07, 6.45) is 6.03. The molecule has 1 aliphatic rings. The molecule has 82 valence electrons. The second-order valence-electron chi connectivity index (χ2n) is 4.54. The standard InChI is InChI=1S/C14H16N2/c1-2-7-14-12(4-1)8-11(10-16-14)9-15-13-5-3-6-13/h1-2,4,7-8,10,13,15H,3,5-6,9H2. The van der Waals surface area contributed by atoms with Gasteiger partial charge in [-0.05, 0) is 30.5 Å². The Hall–Kier alpha value is -1.41. The zero-order valence-electron chi connectivity index (χ0n) is 9.32. The lowest BCUT2D eigenvalue weighted by Crippen LogP contribution is -2.34. The molecule has 0 unspecified atom stereocenters. The Morgan fingerprint density at radius 2 is 2.12 bits per heavy atom. The molecule has 0 atom stereocenters. The van der Waals surface area contributed by atoms with E-state index in [1.54, 1.807) is 0 Å². The second kappa shape index (κ2) is 4.22. The van der Waals surface area contributed by atoms with Crippen molar-refractivity contribution in [1.29, 1.82) is 0 Å². The average molecular weight is 212 g/mol. The molecule has 2 aromatic rings. The van der Waals surface area contributed by atoms with Crippen molar-refractivity contribution in [2.45, 2.75) is 31.8 Å². The van der Waals surface area contributed by atoms with Crippen LogP contribution in [0.25, 0.3) is 10.9 Å². The minimum atomic E-state index is 0.742. The summed E-state index contributed by atoms with van der Waals surface area (Å²) in [6.45, 7) is 0.947. The Balaban J connectivity index is 1.76. The van der Waals surface area contributed by atoms with Crippen LogP contribution >= 0.6 is 0 Å². The number of nitrogens with one attached hydrogen (secondary N) is 1. The number of fused-ring (bicyclic) bond motifs is 1. The lowest BCUT2D eigenvalue weighted by atomic mass is 9.93. The fourth-order valence-corrected chi connectivity index (χ4v) is 2.09. The number of nitrogens with zero attached hydrogens (tertiary/aromatic N) is 1. The Morgan fingerprint density at radius 3 is 2.94 bits per heavy atom. The van der Waals surface area contributed by atoms with E-state index >= 15 is 0 Å². The molecule has 3 rings (SSSR count). The van der Waals surface area contributed by atoms with E-state index in [2.05, 4.69) is 34.6 Å². The van der Waals surface area contributed by atoms with Crippen LogP contribution in [0.4, 0.5) is 0 Å². The van der Waals surface area contributed by atoms with Gasteiger partial charge in [-0.2, -0.15) is 0 Å². The number of hydrogen-bond acceptors (Lipinski definition) is 2. The molecule has 0 aliphatic heterocycles. The number of para-hydroxylation sites is 1. The molecule has 0 saturated heterocycles. The first-order chi connectivity index (χ1) is 7.92. The predicted octanol–water partition coefficient (Wildman–Crippen LogP) is 2.88. The normalized spacial score (nSPS) is 16.2. The lowest BCUT2D eigenvalue weighted by molar-refractivity contribution is 0.338. The van der Waals surface area contributed by atoms with Crippen LogP contribution in [-0.4, -0.2) is 11.0 Å². The number of pyridine rings is 1. The van der Waals surface area contributed by atoms with Gasteiger partial charge in [-0.15, -0.1) is 0 Å². The molecule has 1 aromatic heterocycles. The highest BCUT2D eigenvalue weighted by Gasteiger charge is 2.15. The Labute approximate surface area is 95.7 Å². The molecular formula is C14H16N2. The molecule has 0 bridgehead atoms. The van der Waals surface area contributed by atoms with E-state index in [4.69, 9.17) is 0 Å². The summed E-state index contributed by atoms with van der Waals surface area (Å²) in [4.78, 5) is 4.46. The van der Waals surface area contributed by atoms with Gasteiger partial charge in [0.05, 0.1) is 5.52 Å². The van der Waals surface area contributed by atoms with Gasteiger partial charge in [-0.3, -0.25) is 4.98 Å². The van der Waals surface area contributed by atoms with Gasteiger partial charge < -0.3 is 5.32 Å². The summed E-state index contributed by atoms with van der Waals surface area (Å²) in [5, 5.41) is 4.79. The fourth-order valence-electron chi connectivity index (χ4n) is 2.09. The van der Waals surface area contributed by atoms with Gasteiger partial charge in [0.1, 0.15) is 0 Å². The Morgan fingerprint density at radius 1 is 1.25 bits per heavy atom. The van der Waals surface area contributed by atoms with Gasteiger partial charge in [0.2, 0.25) is 0 Å². The van der Waals surface area contributed by atoms with Crippen molar-refractivity contribution in [3.8, 4) is 0 Å². The smallest absolute Gasteiger partial charge is 0.0702 e. The van der Waals surface area contributed by atoms with E-state index in [9.17, 15) is 0 Å². The van der Waals surface area contributed by atoms with Crippen molar-refractivity contribution < 1.29 is 0 Å². The van der Waals surface area contributed by atoms with Crippen LogP contribution in [0, 0.1) is 0 Å². The van der Waals surface area contributed by atoms with Crippen LogP contribution in [0.2, 0.25) is 0 Å². The number of hydrogen-bond donors (Lipinski definition) is 1. The van der Waals surface area contributed by atoms with Crippen LogP contribution in [0.15, 0.2) is 36.5 Å². The molecule has 1 saturated carbocycles. The SMILES string of the molecule is c1ccc2ncc(CNC3CCC3)cc2c1. The highest BCUT2D eigenvalue weighted by Crippen LogP contribution is 2.19. The number of benzene rings is 1. The quantitative estimate of drug-likeness (QED) is 0.846. The summed E-state index contributed by atoms with van der Waals surface area (Å²) in [5.74, 6) is 0. The first-order valence-corrected chi connectivity index (χ1v) is 5.99. The molecule has 0 spiro atoms. The van der Waals surface area contributed by atoms with Crippen LogP contribution < -0.4 is 5.32 Å². The summed E-state index contributed by atoms with van der Waals surface area (Å²) in [6, 6.07) is 11.2. The minimum absolute atomic E-state index is 0.742. The van der Waals surface area contributed by atoms with Crippen molar-refractivity contribution in [2.24, 2.45) is 0 Å². The largest absolute Gasteiger partial charge is 0.310 e. The molecule has 2 heteroatoms. The first kappa shape index (κ1) is 9.79. The van der Waals surface area contributed by atoms with E-state index in [1.807, 2.05) is 12.3 Å². The summed E-state index contributed by atoms with van der Waals surface area (Å²) in [7, 11) is 0. The van der Waals surface area contributed by atoms with Crippen molar-refractivity contribution in [1.82, 2.24) is 10.3 Å². The number of rotatable bonds is 3. The maximum Gasteiger partial charge on any atom is 0.0702 e. The molecule has 1 aliphatic carbocycles. The molecule has 1 heterocycles. The maximum absolute atomic E-state index is 4.46. The van der Waals surface area contributed by atoms with E-state index < -0.39 is 0 Å². The van der Waals surface area contributed by atoms with Gasteiger partial charge in [0.25, 0.3) is 0 Å². The third kappa shape index (κ3) is 1.93. The van der Waals surface area contributed by atoms with E-state index in [0.717, 1.165) is 18.1 Å². The molecule has 1 fully saturated rings. The monoisotopic (exact) mass is 212 g/mol. The lowest BCUT2D eigenvalue weighted by Gasteiger charge is -2.26. The highest BCUT2D eigenvalue weighted by molar-refractivity contribution is 5.78. The van der Waals surface area contributed by atoms with Gasteiger partial charge in [0, 0.05) is 24.2 Å². The third-order valence-corrected chi connectivity index (χ3v) is 3.35. The van der Waals surface area contributed by atoms with Gasteiger partial charge in [-0.1, -0.05) is 24.6 Å². The van der Waals surface area contributed by atoms with Gasteiger partial charge in [-0.25, -0.2) is 0 Å². The maximum atomic E-state index is 4.46. The van der Waals surface area contributed by atoms with Crippen LogP contribution in [0.5, 0.6) is 0 Å². The summed E-state index contributed by atoms with van der Waals surface area (Å²) >= 11 is 0. The highest BCUT2D eigenvalue weighted by atomic mass is 14.9. The molecule has 1 N–H and O–H groups in total.